The second-order valence-corrected chi connectivity index (χ2v) is 4.67. The molecule has 2 nitrogen and oxygen atoms in total. The first-order chi connectivity index (χ1) is 7.18. The summed E-state index contributed by atoms with van der Waals surface area (Å²) in [7, 11) is 0. The Bertz CT molecular complexity index is 302. The Balaban J connectivity index is 2.03. The lowest BCUT2D eigenvalue weighted by Crippen LogP contribution is -2.46. The van der Waals surface area contributed by atoms with Crippen molar-refractivity contribution in [1.82, 2.24) is 5.32 Å². The fourth-order valence-electron chi connectivity index (χ4n) is 2.35. The van der Waals surface area contributed by atoms with Crippen molar-refractivity contribution in [2.24, 2.45) is 0 Å². The van der Waals surface area contributed by atoms with Crippen LogP contribution in [0.5, 0.6) is 0 Å². The van der Waals surface area contributed by atoms with E-state index >= 15 is 0 Å². The van der Waals surface area contributed by atoms with Gasteiger partial charge in [-0.15, -0.1) is 0 Å². The molecule has 2 heteroatoms. The minimum atomic E-state index is -0.627. The Morgan fingerprint density at radius 1 is 1.40 bits per heavy atom. The van der Waals surface area contributed by atoms with E-state index in [1.807, 2.05) is 25.1 Å². The molecule has 1 aliphatic heterocycles. The molecule has 1 unspecified atom stereocenters. The van der Waals surface area contributed by atoms with Crippen molar-refractivity contribution in [2.75, 3.05) is 6.54 Å². The van der Waals surface area contributed by atoms with Gasteiger partial charge in [-0.25, -0.2) is 0 Å². The summed E-state index contributed by atoms with van der Waals surface area (Å²) in [6.45, 7) is 2.97. The van der Waals surface area contributed by atoms with Crippen molar-refractivity contribution in [3.8, 4) is 0 Å². The average Bonchev–Trinajstić information content (AvgIpc) is 2.71. The molecule has 0 radical (unpaired) electrons. The highest BCUT2D eigenvalue weighted by atomic mass is 16.3. The van der Waals surface area contributed by atoms with Gasteiger partial charge < -0.3 is 10.4 Å². The lowest BCUT2D eigenvalue weighted by Gasteiger charge is -2.30. The lowest BCUT2D eigenvalue weighted by molar-refractivity contribution is 0.0262. The molecule has 0 spiro atoms. The van der Waals surface area contributed by atoms with Gasteiger partial charge in [-0.05, 0) is 31.9 Å². The molecule has 0 saturated carbocycles. The van der Waals surface area contributed by atoms with E-state index in [4.69, 9.17) is 0 Å². The third kappa shape index (κ3) is 2.58. The molecular weight excluding hydrogens is 186 g/mol. The molecule has 1 aliphatic rings. The molecule has 1 saturated heterocycles. The highest BCUT2D eigenvalue weighted by molar-refractivity contribution is 5.17. The van der Waals surface area contributed by atoms with Gasteiger partial charge in [-0.1, -0.05) is 30.3 Å². The molecule has 1 aromatic carbocycles. The predicted octanol–water partition coefficient (Wildman–Crippen LogP) is 1.73. The molecule has 2 N–H and O–H groups in total. The molecular formula is C13H19NO. The molecule has 1 heterocycles. The Morgan fingerprint density at radius 2 is 2.13 bits per heavy atom. The molecule has 82 valence electrons. The molecule has 0 amide bonds. The van der Waals surface area contributed by atoms with E-state index in [1.165, 1.54) is 12.0 Å². The maximum atomic E-state index is 10.4. The van der Waals surface area contributed by atoms with Crippen LogP contribution in [0.2, 0.25) is 0 Å². The molecule has 0 aromatic heterocycles. The summed E-state index contributed by atoms with van der Waals surface area (Å²) in [5, 5.41) is 13.8. The normalized spacial score (nSPS) is 25.1. The molecule has 1 aromatic rings. The minimum Gasteiger partial charge on any atom is -0.388 e. The van der Waals surface area contributed by atoms with Gasteiger partial charge in [0.15, 0.2) is 0 Å². The van der Waals surface area contributed by atoms with Crippen molar-refractivity contribution >= 4 is 0 Å². The fourth-order valence-corrected chi connectivity index (χ4v) is 2.35. The Labute approximate surface area is 91.3 Å². The van der Waals surface area contributed by atoms with Crippen LogP contribution in [-0.2, 0) is 6.42 Å². The van der Waals surface area contributed by atoms with E-state index in [9.17, 15) is 5.11 Å². The minimum absolute atomic E-state index is 0.248. The third-order valence-electron chi connectivity index (χ3n) is 3.22. The highest BCUT2D eigenvalue weighted by Gasteiger charge is 2.33. The zero-order valence-electron chi connectivity index (χ0n) is 9.24. The van der Waals surface area contributed by atoms with Crippen molar-refractivity contribution < 1.29 is 5.11 Å². The topological polar surface area (TPSA) is 32.3 Å². The van der Waals surface area contributed by atoms with Gasteiger partial charge in [0.25, 0.3) is 0 Å². The van der Waals surface area contributed by atoms with E-state index in [0.717, 1.165) is 19.4 Å². The zero-order chi connectivity index (χ0) is 10.7. The number of rotatable bonds is 3. The van der Waals surface area contributed by atoms with Crippen molar-refractivity contribution in [3.63, 3.8) is 0 Å². The molecule has 2 rings (SSSR count). The van der Waals surface area contributed by atoms with Crippen molar-refractivity contribution in [3.05, 3.63) is 35.9 Å². The Morgan fingerprint density at radius 3 is 2.73 bits per heavy atom. The second-order valence-electron chi connectivity index (χ2n) is 4.67. The van der Waals surface area contributed by atoms with Crippen LogP contribution >= 0.6 is 0 Å². The second kappa shape index (κ2) is 4.33. The van der Waals surface area contributed by atoms with Crippen LogP contribution in [0.3, 0.4) is 0 Å². The van der Waals surface area contributed by atoms with E-state index in [0.29, 0.717) is 0 Å². The molecule has 2 atom stereocenters. The zero-order valence-corrected chi connectivity index (χ0v) is 9.24. The third-order valence-corrected chi connectivity index (χ3v) is 3.22. The average molecular weight is 205 g/mol. The number of aliphatic hydroxyl groups is 1. The summed E-state index contributed by atoms with van der Waals surface area (Å²) in [6.07, 6.45) is 2.99. The van der Waals surface area contributed by atoms with Crippen LogP contribution in [0.1, 0.15) is 25.3 Å². The number of hydrogen-bond acceptors (Lipinski definition) is 2. The summed E-state index contributed by atoms with van der Waals surface area (Å²) in [5.74, 6) is 0. The van der Waals surface area contributed by atoms with Crippen LogP contribution < -0.4 is 5.32 Å². The summed E-state index contributed by atoms with van der Waals surface area (Å²) in [4.78, 5) is 0. The van der Waals surface area contributed by atoms with E-state index in [-0.39, 0.29) is 6.04 Å². The smallest absolute Gasteiger partial charge is 0.0812 e. The monoisotopic (exact) mass is 205 g/mol. The summed E-state index contributed by atoms with van der Waals surface area (Å²) >= 11 is 0. The maximum Gasteiger partial charge on any atom is 0.0812 e. The highest BCUT2D eigenvalue weighted by Crippen LogP contribution is 2.23. The van der Waals surface area contributed by atoms with Crippen LogP contribution in [0, 0.1) is 0 Å². The van der Waals surface area contributed by atoms with E-state index in [2.05, 4.69) is 17.4 Å². The first-order valence-electron chi connectivity index (χ1n) is 5.68. The number of nitrogens with one attached hydrogen (secondary N) is 1. The molecule has 0 bridgehead atoms. The Hall–Kier alpha value is -0.860. The van der Waals surface area contributed by atoms with Gasteiger partial charge in [0.2, 0.25) is 0 Å². The van der Waals surface area contributed by atoms with Crippen LogP contribution in [0.15, 0.2) is 30.3 Å². The molecule has 0 aliphatic carbocycles. The van der Waals surface area contributed by atoms with Crippen LogP contribution in [0.4, 0.5) is 0 Å². The van der Waals surface area contributed by atoms with Crippen molar-refractivity contribution in [2.45, 2.75) is 37.8 Å². The van der Waals surface area contributed by atoms with Crippen LogP contribution in [-0.4, -0.2) is 23.3 Å². The lowest BCUT2D eigenvalue weighted by atomic mass is 9.88. The summed E-state index contributed by atoms with van der Waals surface area (Å²) in [5.41, 5.74) is 0.578. The molecule has 1 fully saturated rings. The Kier molecular flexibility index (Phi) is 3.08. The van der Waals surface area contributed by atoms with Gasteiger partial charge in [-0.2, -0.15) is 0 Å². The first kappa shape index (κ1) is 10.7. The van der Waals surface area contributed by atoms with Gasteiger partial charge in [0.05, 0.1) is 5.60 Å². The van der Waals surface area contributed by atoms with Gasteiger partial charge in [0, 0.05) is 12.5 Å². The largest absolute Gasteiger partial charge is 0.388 e. The quantitative estimate of drug-likeness (QED) is 0.787. The molecule has 15 heavy (non-hydrogen) atoms. The van der Waals surface area contributed by atoms with Gasteiger partial charge >= 0.3 is 0 Å². The maximum absolute atomic E-state index is 10.4. The van der Waals surface area contributed by atoms with Crippen molar-refractivity contribution in [1.29, 1.82) is 0 Å². The van der Waals surface area contributed by atoms with Gasteiger partial charge in [0.1, 0.15) is 0 Å². The summed E-state index contributed by atoms with van der Waals surface area (Å²) in [6, 6.07) is 10.4. The number of hydrogen-bond donors (Lipinski definition) is 2. The van der Waals surface area contributed by atoms with Gasteiger partial charge in [-0.3, -0.25) is 0 Å². The van der Waals surface area contributed by atoms with E-state index in [1.54, 1.807) is 0 Å². The predicted molar refractivity (Wildman–Crippen MR) is 61.8 cm³/mol. The SMILES string of the molecule is CC(O)(Cc1ccccc1)[C@H]1CCCN1. The first-order valence-corrected chi connectivity index (χ1v) is 5.68. The van der Waals surface area contributed by atoms with Crippen LogP contribution in [0.25, 0.3) is 0 Å². The van der Waals surface area contributed by atoms with E-state index < -0.39 is 5.60 Å². The summed E-state index contributed by atoms with van der Waals surface area (Å²) < 4.78 is 0. The number of benzene rings is 1. The fraction of sp³-hybridized carbons (Fsp3) is 0.538. The standard InChI is InChI=1S/C13H19NO/c1-13(15,12-8-5-9-14-12)10-11-6-3-2-4-7-11/h2-4,6-7,12,14-15H,5,8-10H2,1H3/t12-,13?/m1/s1.